The Morgan fingerprint density at radius 1 is 1.09 bits per heavy atom. The molecule has 0 bridgehead atoms. The highest BCUT2D eigenvalue weighted by molar-refractivity contribution is 5.86. The second-order valence-corrected chi connectivity index (χ2v) is 5.25. The lowest BCUT2D eigenvalue weighted by atomic mass is 10.1. The minimum absolute atomic E-state index is 0. The molecule has 0 aliphatic carbocycles. The Morgan fingerprint density at radius 3 is 2.59 bits per heavy atom. The molecule has 22 heavy (non-hydrogen) atoms. The van der Waals surface area contributed by atoms with Crippen molar-refractivity contribution < 1.29 is 17.1 Å². The first-order chi connectivity index (χ1) is 10.3. The van der Waals surface area contributed by atoms with E-state index in [9.17, 15) is 0 Å². The molecule has 1 heterocycles. The first-order valence-electron chi connectivity index (χ1n) is 7.26. The highest BCUT2D eigenvalue weighted by Crippen LogP contribution is 2.27. The van der Waals surface area contributed by atoms with Crippen LogP contribution in [0.1, 0.15) is 16.8 Å². The highest BCUT2D eigenvalue weighted by Gasteiger charge is 2.08. The summed E-state index contributed by atoms with van der Waals surface area (Å²) in [5.41, 5.74) is 10.5. The van der Waals surface area contributed by atoms with Gasteiger partial charge in [0, 0.05) is 16.6 Å². The van der Waals surface area contributed by atoms with Crippen LogP contribution in [-0.2, 0) is 13.0 Å². The van der Waals surface area contributed by atoms with Crippen LogP contribution in [0.15, 0.2) is 48.5 Å². The first kappa shape index (κ1) is 16.4. The fraction of sp³-hybridized carbons (Fsp3) is 0.222. The third-order valence-electron chi connectivity index (χ3n) is 3.73. The standard InChI is InChI=1S/C18H20N2O.ClH/c1-13-16(9-10-19)17-11-15(7-8-18(17)20-13)21-12-14-5-3-2-4-6-14;/h2-8,11,20H,9-10,12,19H2,1H3;1H/p-1. The van der Waals surface area contributed by atoms with Crippen LogP contribution in [0.25, 0.3) is 10.9 Å². The molecule has 2 aromatic carbocycles. The molecule has 4 heteroatoms. The van der Waals surface area contributed by atoms with Crippen LogP contribution in [0.3, 0.4) is 0 Å². The zero-order chi connectivity index (χ0) is 14.7. The highest BCUT2D eigenvalue weighted by atomic mass is 35.5. The summed E-state index contributed by atoms with van der Waals surface area (Å²) in [6, 6.07) is 16.4. The monoisotopic (exact) mass is 315 g/mol. The van der Waals surface area contributed by atoms with Gasteiger partial charge in [0.25, 0.3) is 0 Å². The van der Waals surface area contributed by atoms with E-state index in [1.807, 2.05) is 24.3 Å². The zero-order valence-electron chi connectivity index (χ0n) is 12.6. The largest absolute Gasteiger partial charge is 1.00 e. The summed E-state index contributed by atoms with van der Waals surface area (Å²) in [7, 11) is 0. The fourth-order valence-corrected chi connectivity index (χ4v) is 2.66. The van der Waals surface area contributed by atoms with Crippen LogP contribution in [-0.4, -0.2) is 11.5 Å². The minimum Gasteiger partial charge on any atom is -1.00 e. The van der Waals surface area contributed by atoms with E-state index in [0.29, 0.717) is 13.2 Å². The number of benzene rings is 2. The molecular weight excluding hydrogens is 296 g/mol. The van der Waals surface area contributed by atoms with Crippen molar-refractivity contribution in [2.45, 2.75) is 20.0 Å². The number of fused-ring (bicyclic) bond motifs is 1. The van der Waals surface area contributed by atoms with Gasteiger partial charge >= 0.3 is 0 Å². The quantitative estimate of drug-likeness (QED) is 0.723. The Morgan fingerprint density at radius 2 is 1.86 bits per heavy atom. The molecule has 0 aliphatic rings. The molecule has 0 unspecified atom stereocenters. The molecule has 0 fully saturated rings. The number of nitrogens with two attached hydrogens (primary N) is 1. The number of rotatable bonds is 5. The molecule has 0 amide bonds. The number of aryl methyl sites for hydroxylation is 1. The van der Waals surface area contributed by atoms with E-state index in [0.717, 1.165) is 17.7 Å². The zero-order valence-corrected chi connectivity index (χ0v) is 13.4. The maximum atomic E-state index is 5.90. The maximum Gasteiger partial charge on any atom is 0.120 e. The molecule has 1 aromatic heterocycles. The normalized spacial score (nSPS) is 10.5. The van der Waals surface area contributed by atoms with Crippen molar-refractivity contribution in [3.8, 4) is 5.75 Å². The van der Waals surface area contributed by atoms with Gasteiger partial charge < -0.3 is 27.9 Å². The van der Waals surface area contributed by atoms with Crippen LogP contribution in [0.5, 0.6) is 5.75 Å². The molecule has 0 saturated heterocycles. The second kappa shape index (κ2) is 7.34. The fourth-order valence-electron chi connectivity index (χ4n) is 2.66. The van der Waals surface area contributed by atoms with E-state index in [-0.39, 0.29) is 12.4 Å². The van der Waals surface area contributed by atoms with Crippen LogP contribution in [0, 0.1) is 6.92 Å². The number of halogens is 1. The van der Waals surface area contributed by atoms with Crippen molar-refractivity contribution in [1.82, 2.24) is 4.98 Å². The number of nitrogens with one attached hydrogen (secondary N) is 1. The third-order valence-corrected chi connectivity index (χ3v) is 3.73. The minimum atomic E-state index is 0. The second-order valence-electron chi connectivity index (χ2n) is 5.25. The van der Waals surface area contributed by atoms with Crippen molar-refractivity contribution in [2.75, 3.05) is 6.54 Å². The van der Waals surface area contributed by atoms with Gasteiger partial charge in [0.05, 0.1) is 0 Å². The van der Waals surface area contributed by atoms with Crippen molar-refractivity contribution in [3.63, 3.8) is 0 Å². The van der Waals surface area contributed by atoms with E-state index in [1.54, 1.807) is 0 Å². The topological polar surface area (TPSA) is 51.0 Å². The lowest BCUT2D eigenvalue weighted by Gasteiger charge is -2.07. The molecule has 0 saturated carbocycles. The van der Waals surface area contributed by atoms with E-state index in [1.165, 1.54) is 22.2 Å². The first-order valence-corrected chi connectivity index (χ1v) is 7.26. The number of ether oxygens (including phenoxy) is 1. The summed E-state index contributed by atoms with van der Waals surface area (Å²) in [4.78, 5) is 3.40. The lowest BCUT2D eigenvalue weighted by Crippen LogP contribution is -3.00. The van der Waals surface area contributed by atoms with Crippen LogP contribution in [0.4, 0.5) is 0 Å². The van der Waals surface area contributed by atoms with E-state index in [4.69, 9.17) is 10.5 Å². The molecule has 0 aliphatic heterocycles. The van der Waals surface area contributed by atoms with Crippen molar-refractivity contribution in [3.05, 3.63) is 65.4 Å². The Hall–Kier alpha value is -1.97. The average Bonchev–Trinajstić information content (AvgIpc) is 2.82. The summed E-state index contributed by atoms with van der Waals surface area (Å²) >= 11 is 0. The SMILES string of the molecule is Cc1[nH]c2ccc(OCc3ccccc3)cc2c1CCN.[Cl-]. The van der Waals surface area contributed by atoms with Gasteiger partial charge in [0.2, 0.25) is 0 Å². The summed E-state index contributed by atoms with van der Waals surface area (Å²) in [5, 5.41) is 1.21. The van der Waals surface area contributed by atoms with Gasteiger partial charge in [-0.2, -0.15) is 0 Å². The Labute approximate surface area is 136 Å². The summed E-state index contributed by atoms with van der Waals surface area (Å²) in [6.07, 6.45) is 0.883. The van der Waals surface area contributed by atoms with Gasteiger partial charge in [-0.3, -0.25) is 0 Å². The molecule has 0 spiro atoms. The Balaban J connectivity index is 0.00000176. The maximum absolute atomic E-state index is 5.90. The summed E-state index contributed by atoms with van der Waals surface area (Å²) in [6.45, 7) is 3.33. The van der Waals surface area contributed by atoms with Crippen LogP contribution < -0.4 is 22.9 Å². The van der Waals surface area contributed by atoms with Gasteiger partial charge in [0.1, 0.15) is 12.4 Å². The van der Waals surface area contributed by atoms with Crippen LogP contribution >= 0.6 is 0 Å². The Bertz CT molecular complexity index is 737. The molecule has 3 aromatic rings. The average molecular weight is 316 g/mol. The number of hydrogen-bond donors (Lipinski definition) is 2. The number of hydrogen-bond acceptors (Lipinski definition) is 2. The molecule has 0 radical (unpaired) electrons. The van der Waals surface area contributed by atoms with E-state index in [2.05, 4.69) is 36.2 Å². The van der Waals surface area contributed by atoms with Gasteiger partial charge in [-0.05, 0) is 49.2 Å². The van der Waals surface area contributed by atoms with E-state index < -0.39 is 0 Å². The smallest absolute Gasteiger partial charge is 0.120 e. The molecular formula is C18H20ClN2O-. The molecule has 0 atom stereocenters. The van der Waals surface area contributed by atoms with Gasteiger partial charge in [0.15, 0.2) is 0 Å². The molecule has 3 rings (SSSR count). The molecule has 3 N–H and O–H groups in total. The number of aromatic amines is 1. The third kappa shape index (κ3) is 3.43. The van der Waals surface area contributed by atoms with Crippen molar-refractivity contribution in [2.24, 2.45) is 5.73 Å². The Kier molecular flexibility index (Phi) is 5.47. The summed E-state index contributed by atoms with van der Waals surface area (Å²) < 4.78 is 5.90. The molecule has 116 valence electrons. The predicted molar refractivity (Wildman–Crippen MR) is 86.6 cm³/mol. The van der Waals surface area contributed by atoms with Crippen molar-refractivity contribution >= 4 is 10.9 Å². The predicted octanol–water partition coefficient (Wildman–Crippen LogP) is 0.561. The van der Waals surface area contributed by atoms with E-state index >= 15 is 0 Å². The number of aromatic nitrogens is 1. The van der Waals surface area contributed by atoms with Gasteiger partial charge in [-0.25, -0.2) is 0 Å². The van der Waals surface area contributed by atoms with Gasteiger partial charge in [-0.1, -0.05) is 30.3 Å². The lowest BCUT2D eigenvalue weighted by molar-refractivity contribution is -0.00000481. The van der Waals surface area contributed by atoms with Crippen LogP contribution in [0.2, 0.25) is 0 Å². The van der Waals surface area contributed by atoms with Crippen molar-refractivity contribution in [1.29, 1.82) is 0 Å². The molecule has 3 nitrogen and oxygen atoms in total. The summed E-state index contributed by atoms with van der Waals surface area (Å²) in [5.74, 6) is 0.892. The number of H-pyrrole nitrogens is 1. The van der Waals surface area contributed by atoms with Gasteiger partial charge in [-0.15, -0.1) is 0 Å².